The Balaban J connectivity index is 2.52. The molecule has 0 aromatic heterocycles. The van der Waals surface area contributed by atoms with Gasteiger partial charge in [-0.05, 0) is 52.3 Å². The molecule has 1 nitrogen and oxygen atoms in total. The monoisotopic (exact) mass is 280 g/mol. The third-order valence-electron chi connectivity index (χ3n) is 1.26. The first-order valence-electron chi connectivity index (χ1n) is 3.23. The van der Waals surface area contributed by atoms with E-state index in [2.05, 4.69) is 46.9 Å². The predicted molar refractivity (Wildman–Crippen MR) is 57.5 cm³/mol. The number of benzene rings is 1. The largest absolute Gasteiger partial charge is 0.318 e. The maximum atomic E-state index is 4.89. The lowest BCUT2D eigenvalue weighted by Gasteiger charge is -1.98. The van der Waals surface area contributed by atoms with Crippen LogP contribution in [0.1, 0.15) is 5.56 Å². The van der Waals surface area contributed by atoms with Crippen LogP contribution in [0, 0.1) is 3.57 Å². The second-order valence-electron chi connectivity index (χ2n) is 2.06. The van der Waals surface area contributed by atoms with E-state index in [-0.39, 0.29) is 0 Å². The quantitative estimate of drug-likeness (QED) is 0.621. The van der Waals surface area contributed by atoms with Crippen molar-refractivity contribution in [3.63, 3.8) is 0 Å². The van der Waals surface area contributed by atoms with Crippen molar-refractivity contribution in [3.8, 4) is 0 Å². The van der Waals surface area contributed by atoms with E-state index >= 15 is 0 Å². The van der Waals surface area contributed by atoms with Gasteiger partial charge in [0.15, 0.2) is 0 Å². The molecular weight excluding hydrogens is 271 g/mol. The van der Waals surface area contributed by atoms with Gasteiger partial charge in [0.2, 0.25) is 0 Å². The molecule has 0 aliphatic heterocycles. The Hall–Kier alpha value is 0.260. The van der Waals surface area contributed by atoms with Crippen molar-refractivity contribution in [2.45, 2.75) is 5.75 Å². The summed E-state index contributed by atoms with van der Waals surface area (Å²) in [5.74, 6) is 0.924. The van der Waals surface area contributed by atoms with Crippen molar-refractivity contribution >= 4 is 34.6 Å². The molecule has 3 heteroatoms. The molecule has 1 rings (SSSR count). The lowest BCUT2D eigenvalue weighted by molar-refractivity contribution is 0.489. The van der Waals surface area contributed by atoms with Crippen molar-refractivity contribution in [2.24, 2.45) is 0 Å². The molecule has 0 unspecified atom stereocenters. The Morgan fingerprint density at radius 1 is 1.36 bits per heavy atom. The molecule has 0 saturated heterocycles. The molecule has 0 spiro atoms. The summed E-state index contributed by atoms with van der Waals surface area (Å²) in [6.07, 6.45) is 0. The highest BCUT2D eigenvalue weighted by molar-refractivity contribution is 14.1. The first-order chi connectivity index (χ1) is 5.33. The van der Waals surface area contributed by atoms with E-state index in [0.717, 1.165) is 5.75 Å². The van der Waals surface area contributed by atoms with Crippen molar-refractivity contribution in [2.75, 3.05) is 7.11 Å². The molecule has 1 aromatic carbocycles. The van der Waals surface area contributed by atoms with Gasteiger partial charge in [-0.15, -0.1) is 0 Å². The Kier molecular flexibility index (Phi) is 4.25. The van der Waals surface area contributed by atoms with Gasteiger partial charge in [0.05, 0.1) is 7.11 Å². The first kappa shape index (κ1) is 9.35. The minimum atomic E-state index is 0.924. The zero-order chi connectivity index (χ0) is 8.10. The zero-order valence-corrected chi connectivity index (χ0v) is 9.18. The molecule has 0 amide bonds. The normalized spacial score (nSPS) is 10.0. The molecule has 0 atom stereocenters. The number of hydrogen-bond acceptors (Lipinski definition) is 2. The minimum absolute atomic E-state index is 0.924. The van der Waals surface area contributed by atoms with Gasteiger partial charge in [0.25, 0.3) is 0 Å². The topological polar surface area (TPSA) is 9.23 Å². The van der Waals surface area contributed by atoms with Crippen LogP contribution in [0.3, 0.4) is 0 Å². The lowest BCUT2D eigenvalue weighted by Crippen LogP contribution is -1.80. The molecular formula is C8H9IOS. The summed E-state index contributed by atoms with van der Waals surface area (Å²) in [4.78, 5) is 0. The van der Waals surface area contributed by atoms with Gasteiger partial charge in [-0.3, -0.25) is 0 Å². The molecule has 11 heavy (non-hydrogen) atoms. The van der Waals surface area contributed by atoms with E-state index in [1.54, 1.807) is 7.11 Å². The van der Waals surface area contributed by atoms with Crippen LogP contribution in [-0.4, -0.2) is 7.11 Å². The average Bonchev–Trinajstić information content (AvgIpc) is 2.04. The van der Waals surface area contributed by atoms with Crippen LogP contribution in [0.5, 0.6) is 0 Å². The van der Waals surface area contributed by atoms with E-state index in [1.165, 1.54) is 21.2 Å². The molecule has 0 fully saturated rings. The molecule has 0 aliphatic carbocycles. The fourth-order valence-corrected chi connectivity index (χ4v) is 1.51. The van der Waals surface area contributed by atoms with Gasteiger partial charge in [-0.2, -0.15) is 0 Å². The SMILES string of the molecule is COSCc1ccc(I)cc1. The second kappa shape index (κ2) is 5.00. The van der Waals surface area contributed by atoms with Crippen LogP contribution < -0.4 is 0 Å². The Morgan fingerprint density at radius 3 is 2.55 bits per heavy atom. The van der Waals surface area contributed by atoms with Gasteiger partial charge in [0.1, 0.15) is 0 Å². The zero-order valence-electron chi connectivity index (χ0n) is 6.21. The van der Waals surface area contributed by atoms with Gasteiger partial charge in [-0.25, -0.2) is 0 Å². The fourth-order valence-electron chi connectivity index (χ4n) is 0.708. The van der Waals surface area contributed by atoms with Crippen LogP contribution >= 0.6 is 34.6 Å². The third kappa shape index (κ3) is 3.44. The molecule has 0 aliphatic rings. The summed E-state index contributed by atoms with van der Waals surface area (Å²) >= 11 is 3.76. The lowest BCUT2D eigenvalue weighted by atomic mass is 10.2. The standard InChI is InChI=1S/C8H9IOS/c1-10-11-6-7-2-4-8(9)5-3-7/h2-5H,6H2,1H3. The van der Waals surface area contributed by atoms with E-state index in [0.29, 0.717) is 0 Å². The van der Waals surface area contributed by atoms with Crippen LogP contribution in [0.4, 0.5) is 0 Å². The summed E-state index contributed by atoms with van der Waals surface area (Å²) in [7, 11) is 1.69. The van der Waals surface area contributed by atoms with Crippen LogP contribution in [0.15, 0.2) is 24.3 Å². The Morgan fingerprint density at radius 2 is 2.00 bits per heavy atom. The van der Waals surface area contributed by atoms with E-state index in [9.17, 15) is 0 Å². The molecule has 1 aromatic rings. The molecule has 60 valence electrons. The molecule has 0 heterocycles. The smallest absolute Gasteiger partial charge is 0.0503 e. The van der Waals surface area contributed by atoms with E-state index in [4.69, 9.17) is 4.18 Å². The molecule has 0 saturated carbocycles. The van der Waals surface area contributed by atoms with Gasteiger partial charge < -0.3 is 4.18 Å². The van der Waals surface area contributed by atoms with Gasteiger partial charge >= 0.3 is 0 Å². The second-order valence-corrected chi connectivity index (χ2v) is 4.16. The minimum Gasteiger partial charge on any atom is -0.318 e. The summed E-state index contributed by atoms with van der Waals surface area (Å²) < 4.78 is 6.16. The van der Waals surface area contributed by atoms with Gasteiger partial charge in [0, 0.05) is 9.32 Å². The molecule has 0 radical (unpaired) electrons. The fraction of sp³-hybridized carbons (Fsp3) is 0.250. The van der Waals surface area contributed by atoms with Crippen molar-refractivity contribution < 1.29 is 4.18 Å². The number of rotatable bonds is 3. The van der Waals surface area contributed by atoms with Crippen LogP contribution in [-0.2, 0) is 9.94 Å². The molecule has 0 bridgehead atoms. The van der Waals surface area contributed by atoms with Crippen LogP contribution in [0.25, 0.3) is 0 Å². The predicted octanol–water partition coefficient (Wildman–Crippen LogP) is 3.09. The first-order valence-corrected chi connectivity index (χ1v) is 5.22. The summed E-state index contributed by atoms with van der Waals surface area (Å²) in [6, 6.07) is 8.44. The summed E-state index contributed by atoms with van der Waals surface area (Å²) in [6.45, 7) is 0. The summed E-state index contributed by atoms with van der Waals surface area (Å²) in [5, 5.41) is 0. The van der Waals surface area contributed by atoms with Crippen molar-refractivity contribution in [3.05, 3.63) is 33.4 Å². The Bertz CT molecular complexity index is 210. The highest BCUT2D eigenvalue weighted by Crippen LogP contribution is 2.13. The van der Waals surface area contributed by atoms with Crippen molar-refractivity contribution in [1.82, 2.24) is 0 Å². The van der Waals surface area contributed by atoms with E-state index < -0.39 is 0 Å². The maximum Gasteiger partial charge on any atom is 0.0503 e. The third-order valence-corrected chi connectivity index (χ3v) is 2.66. The maximum absolute atomic E-state index is 4.89. The number of halogens is 1. The highest BCUT2D eigenvalue weighted by Gasteiger charge is 1.91. The summed E-state index contributed by atoms with van der Waals surface area (Å²) in [5.41, 5.74) is 1.30. The van der Waals surface area contributed by atoms with Gasteiger partial charge in [-0.1, -0.05) is 12.1 Å². The van der Waals surface area contributed by atoms with E-state index in [1.807, 2.05) is 0 Å². The molecule has 0 N–H and O–H groups in total. The van der Waals surface area contributed by atoms with Crippen LogP contribution in [0.2, 0.25) is 0 Å². The average molecular weight is 280 g/mol. The van der Waals surface area contributed by atoms with Crippen molar-refractivity contribution in [1.29, 1.82) is 0 Å². The Labute approximate surface area is 84.9 Å². The highest BCUT2D eigenvalue weighted by atomic mass is 127. The number of hydrogen-bond donors (Lipinski definition) is 0.